The fraction of sp³-hybridized carbons (Fsp3) is 0.538. The van der Waals surface area contributed by atoms with Crippen LogP contribution in [-0.4, -0.2) is 56.8 Å². The van der Waals surface area contributed by atoms with Crippen molar-refractivity contribution in [2.24, 2.45) is 0 Å². The van der Waals surface area contributed by atoms with Gasteiger partial charge in [-0.05, 0) is 68.6 Å². The third-order valence-electron chi connectivity index (χ3n) is 7.73. The molecule has 7 N–H and O–H groups in total. The molecule has 2 heterocycles. The molecule has 2 fully saturated rings. The second-order valence-electron chi connectivity index (χ2n) is 10.3. The Labute approximate surface area is 221 Å². The van der Waals surface area contributed by atoms with E-state index < -0.39 is 0 Å². The topological polar surface area (TPSA) is 167 Å². The summed E-state index contributed by atoms with van der Waals surface area (Å²) in [7, 11) is 0. The number of amides is 2. The van der Waals surface area contributed by atoms with Crippen molar-refractivity contribution < 1.29 is 9.07 Å². The zero-order valence-electron chi connectivity index (χ0n) is 21.0. The molecule has 3 aliphatic carbocycles. The molecule has 0 atom stereocenters. The predicted molar refractivity (Wildman–Crippen MR) is 150 cm³/mol. The smallest absolute Gasteiger partial charge is 0.315 e. The highest BCUT2D eigenvalue weighted by molar-refractivity contribution is 5.90. The van der Waals surface area contributed by atoms with Crippen LogP contribution in [0.15, 0.2) is 29.5 Å². The Morgan fingerprint density at radius 2 is 1.62 bits per heavy atom. The number of nitrogens with zero attached hydrogens (tertiary/aromatic N) is 3. The van der Waals surface area contributed by atoms with Crippen molar-refractivity contribution in [3.05, 3.63) is 35.2 Å². The molecule has 37 heavy (non-hydrogen) atoms. The molecule has 0 radical (unpaired) electrons. The van der Waals surface area contributed by atoms with Gasteiger partial charge in [0, 0.05) is 58.7 Å². The number of H-pyrrole nitrogens is 1. The molecule has 0 spiro atoms. The number of hydrogen-bond donors (Lipinski definition) is 7. The maximum absolute atomic E-state index is 12.5. The van der Waals surface area contributed by atoms with Gasteiger partial charge < -0.3 is 32.1 Å². The monoisotopic (exact) mass is 510 g/mol. The van der Waals surface area contributed by atoms with Gasteiger partial charge in [0.15, 0.2) is 5.82 Å². The van der Waals surface area contributed by atoms with Crippen LogP contribution < -0.4 is 21.3 Å². The Morgan fingerprint density at radius 1 is 0.946 bits per heavy atom. The van der Waals surface area contributed by atoms with Gasteiger partial charge in [-0.15, -0.1) is 0 Å². The van der Waals surface area contributed by atoms with Gasteiger partial charge in [-0.1, -0.05) is 12.8 Å². The highest BCUT2D eigenvalue weighted by Crippen LogP contribution is 2.34. The number of hydrogen-bond acceptors (Lipinski definition) is 8. The summed E-state index contributed by atoms with van der Waals surface area (Å²) >= 11 is 0. The van der Waals surface area contributed by atoms with Crippen molar-refractivity contribution in [1.82, 2.24) is 30.8 Å². The number of rotatable bonds is 9. The molecule has 0 aromatic carbocycles. The van der Waals surface area contributed by atoms with E-state index >= 15 is 0 Å². The first-order valence-electron chi connectivity index (χ1n) is 13.3. The van der Waals surface area contributed by atoms with Crippen molar-refractivity contribution in [3.8, 4) is 0 Å². The Hall–Kier alpha value is -3.76. The quantitative estimate of drug-likeness (QED) is 0.231. The fourth-order valence-electron chi connectivity index (χ4n) is 5.72. The lowest BCUT2D eigenvalue weighted by Gasteiger charge is -2.30. The summed E-state index contributed by atoms with van der Waals surface area (Å²) < 4.78 is 0. The molecule has 2 amide bonds. The lowest BCUT2D eigenvalue weighted by molar-refractivity contribution is 0.228. The van der Waals surface area contributed by atoms with E-state index in [0.717, 1.165) is 42.6 Å². The highest BCUT2D eigenvalue weighted by Gasteiger charge is 2.26. The van der Waals surface area contributed by atoms with E-state index in [1.807, 2.05) is 6.07 Å². The van der Waals surface area contributed by atoms with Crippen LogP contribution in [0.2, 0.25) is 0 Å². The summed E-state index contributed by atoms with van der Waals surface area (Å²) in [6.45, 7) is 0. The number of aromatic nitrogens is 4. The summed E-state index contributed by atoms with van der Waals surface area (Å²) in [6.07, 6.45) is 14.1. The molecule has 202 valence electrons. The zero-order valence-corrected chi connectivity index (χ0v) is 21.0. The normalized spacial score (nSPS) is 24.1. The predicted octanol–water partition coefficient (Wildman–Crippen LogP) is 5.12. The average Bonchev–Trinajstić information content (AvgIpc) is 3.66. The fourth-order valence-corrected chi connectivity index (χ4v) is 5.72. The molecule has 3 aliphatic rings. The standard InChI is InChI=1S/C26H36N10O.3H2/c27-14-17-11-21(12-18(17)15-28)32-26(37)31-20-7-5-19(6-8-20)30-25-29-10-9-23(34-25)33-24-13-22(35-36-24)16-3-1-2-4-16;;;/h9-10,13-16,19-21,27-28H,1-8,11-12H2,(H2,31,32,37)(H3,29,30,33,34,35,36);3*1H. The Bertz CT molecular complexity index is 1140. The third-order valence-corrected chi connectivity index (χ3v) is 7.73. The van der Waals surface area contributed by atoms with E-state index in [2.05, 4.69) is 47.5 Å². The van der Waals surface area contributed by atoms with Crippen molar-refractivity contribution in [3.63, 3.8) is 0 Å². The molecule has 2 saturated carbocycles. The van der Waals surface area contributed by atoms with Crippen molar-refractivity contribution in [2.45, 2.75) is 88.3 Å². The molecule has 11 nitrogen and oxygen atoms in total. The van der Waals surface area contributed by atoms with Gasteiger partial charge in [-0.25, -0.2) is 9.78 Å². The molecule has 2 aromatic heterocycles. The number of nitrogens with one attached hydrogen (secondary N) is 7. The molecule has 0 aliphatic heterocycles. The number of aromatic amines is 1. The molecular formula is C26H42N10O. The van der Waals surface area contributed by atoms with Gasteiger partial charge in [-0.3, -0.25) is 5.10 Å². The number of anilines is 3. The zero-order chi connectivity index (χ0) is 25.6. The van der Waals surface area contributed by atoms with Crippen molar-refractivity contribution in [1.29, 1.82) is 10.8 Å². The Morgan fingerprint density at radius 3 is 2.32 bits per heavy atom. The third kappa shape index (κ3) is 6.33. The van der Waals surface area contributed by atoms with Crippen molar-refractivity contribution >= 4 is 36.0 Å². The second kappa shape index (κ2) is 11.5. The minimum absolute atomic E-state index is 0. The first kappa shape index (κ1) is 24.9. The first-order valence-corrected chi connectivity index (χ1v) is 13.3. The lowest BCUT2D eigenvalue weighted by atomic mass is 9.91. The summed E-state index contributed by atoms with van der Waals surface area (Å²) in [6, 6.07) is 4.07. The van der Waals surface area contributed by atoms with Crippen LogP contribution in [0.3, 0.4) is 0 Å². The maximum atomic E-state index is 12.5. The first-order chi connectivity index (χ1) is 18.1. The van der Waals surface area contributed by atoms with E-state index in [1.54, 1.807) is 6.20 Å². The van der Waals surface area contributed by atoms with Crippen LogP contribution in [0.1, 0.15) is 80.1 Å². The van der Waals surface area contributed by atoms with Gasteiger partial charge in [-0.2, -0.15) is 10.1 Å². The SMILES string of the molecule is N=CC1=C(C=N)CC(NC(=O)NC2CCC(Nc3nccc(Nc4cc(C5CCCC5)[nH]n4)n3)CC2)C1.[HH].[HH].[HH]. The average molecular weight is 511 g/mol. The largest absolute Gasteiger partial charge is 0.351 e. The summed E-state index contributed by atoms with van der Waals surface area (Å²) in [5.74, 6) is 2.64. The van der Waals surface area contributed by atoms with E-state index in [9.17, 15) is 4.79 Å². The number of carbonyl (C=O) groups excluding carboxylic acids is 1. The Kier molecular flexibility index (Phi) is 7.76. The summed E-state index contributed by atoms with van der Waals surface area (Å²) in [5.41, 5.74) is 2.84. The van der Waals surface area contributed by atoms with Gasteiger partial charge >= 0.3 is 6.03 Å². The maximum Gasteiger partial charge on any atom is 0.315 e. The molecule has 0 bridgehead atoms. The second-order valence-corrected chi connectivity index (χ2v) is 10.3. The molecule has 2 aromatic rings. The minimum Gasteiger partial charge on any atom is -0.351 e. The van der Waals surface area contributed by atoms with Gasteiger partial charge in [0.05, 0.1) is 0 Å². The Balaban J connectivity index is 0.00000187. The van der Waals surface area contributed by atoms with E-state index in [0.29, 0.717) is 30.5 Å². The van der Waals surface area contributed by atoms with Gasteiger partial charge in [0.25, 0.3) is 0 Å². The van der Waals surface area contributed by atoms with Crippen molar-refractivity contribution in [2.75, 3.05) is 10.6 Å². The molecule has 0 unspecified atom stereocenters. The summed E-state index contributed by atoms with van der Waals surface area (Å²) in [5, 5.41) is 35.3. The highest BCUT2D eigenvalue weighted by atomic mass is 16.2. The van der Waals surface area contributed by atoms with Crippen LogP contribution in [0.5, 0.6) is 0 Å². The van der Waals surface area contributed by atoms with Crippen LogP contribution in [0.4, 0.5) is 22.4 Å². The van der Waals surface area contributed by atoms with Gasteiger partial charge in [0.1, 0.15) is 5.82 Å². The molecular weight excluding hydrogens is 468 g/mol. The minimum atomic E-state index is -0.173. The molecule has 5 rings (SSSR count). The molecule has 11 heteroatoms. The lowest BCUT2D eigenvalue weighted by Crippen LogP contribution is -2.47. The van der Waals surface area contributed by atoms with E-state index in [-0.39, 0.29) is 28.4 Å². The number of carbonyl (C=O) groups is 1. The van der Waals surface area contributed by atoms with Crippen LogP contribution in [0.25, 0.3) is 0 Å². The van der Waals surface area contributed by atoms with E-state index in [4.69, 9.17) is 10.8 Å². The van der Waals surface area contributed by atoms with Crippen LogP contribution in [-0.2, 0) is 0 Å². The van der Waals surface area contributed by atoms with E-state index in [1.165, 1.54) is 43.8 Å². The van der Waals surface area contributed by atoms with Gasteiger partial charge in [0.2, 0.25) is 5.95 Å². The number of urea groups is 1. The summed E-state index contributed by atoms with van der Waals surface area (Å²) in [4.78, 5) is 21.5. The van der Waals surface area contributed by atoms with Crippen LogP contribution in [0, 0.1) is 10.8 Å². The molecule has 0 saturated heterocycles. The van der Waals surface area contributed by atoms with Crippen LogP contribution >= 0.6 is 0 Å².